The zero-order valence-electron chi connectivity index (χ0n) is 13.4. The molecule has 5 nitrogen and oxygen atoms in total. The SMILES string of the molecule is CCCc1nc([C@H](NC(=O)CC(C)C)c2ccccc2)no1. The second-order valence-electron chi connectivity index (χ2n) is 5.81. The molecule has 1 aromatic carbocycles. The molecule has 0 saturated carbocycles. The summed E-state index contributed by atoms with van der Waals surface area (Å²) in [5.74, 6) is 1.41. The quantitative estimate of drug-likeness (QED) is 0.852. The third-order valence-electron chi connectivity index (χ3n) is 3.24. The first-order chi connectivity index (χ1) is 10.6. The van der Waals surface area contributed by atoms with E-state index in [0.717, 1.165) is 18.4 Å². The predicted molar refractivity (Wildman–Crippen MR) is 84.2 cm³/mol. The smallest absolute Gasteiger partial charge is 0.226 e. The van der Waals surface area contributed by atoms with Crippen molar-refractivity contribution in [1.82, 2.24) is 15.5 Å². The van der Waals surface area contributed by atoms with E-state index in [0.29, 0.717) is 24.1 Å². The number of carbonyl (C=O) groups excluding carboxylic acids is 1. The second-order valence-corrected chi connectivity index (χ2v) is 5.81. The molecule has 1 heterocycles. The third kappa shape index (κ3) is 4.41. The summed E-state index contributed by atoms with van der Waals surface area (Å²) in [6, 6.07) is 9.34. The first kappa shape index (κ1) is 16.2. The van der Waals surface area contributed by atoms with Crippen LogP contribution in [-0.4, -0.2) is 16.0 Å². The zero-order chi connectivity index (χ0) is 15.9. The molecule has 0 unspecified atom stereocenters. The summed E-state index contributed by atoms with van der Waals surface area (Å²) in [6.45, 7) is 6.10. The maximum absolute atomic E-state index is 12.1. The van der Waals surface area contributed by atoms with Gasteiger partial charge in [-0.1, -0.05) is 56.3 Å². The summed E-state index contributed by atoms with van der Waals surface area (Å²) in [4.78, 5) is 16.6. The predicted octanol–water partition coefficient (Wildman–Crippen LogP) is 3.27. The second kappa shape index (κ2) is 7.73. The van der Waals surface area contributed by atoms with Gasteiger partial charge in [-0.05, 0) is 17.9 Å². The number of hydrogen-bond acceptors (Lipinski definition) is 4. The monoisotopic (exact) mass is 301 g/mol. The van der Waals surface area contributed by atoms with Crippen molar-refractivity contribution in [2.75, 3.05) is 0 Å². The average molecular weight is 301 g/mol. The van der Waals surface area contributed by atoms with Crippen molar-refractivity contribution in [2.24, 2.45) is 5.92 Å². The Morgan fingerprint density at radius 2 is 2.00 bits per heavy atom. The van der Waals surface area contributed by atoms with Crippen LogP contribution in [0.15, 0.2) is 34.9 Å². The van der Waals surface area contributed by atoms with Gasteiger partial charge in [-0.15, -0.1) is 0 Å². The molecule has 0 bridgehead atoms. The van der Waals surface area contributed by atoms with Crippen LogP contribution in [0.1, 0.15) is 56.9 Å². The van der Waals surface area contributed by atoms with Gasteiger partial charge in [0.2, 0.25) is 11.8 Å². The number of nitrogens with one attached hydrogen (secondary N) is 1. The molecular weight excluding hydrogens is 278 g/mol. The summed E-state index contributed by atoms with van der Waals surface area (Å²) < 4.78 is 5.26. The van der Waals surface area contributed by atoms with Crippen LogP contribution < -0.4 is 5.32 Å². The van der Waals surface area contributed by atoms with E-state index in [1.165, 1.54) is 0 Å². The number of hydrogen-bond donors (Lipinski definition) is 1. The van der Waals surface area contributed by atoms with Crippen molar-refractivity contribution < 1.29 is 9.32 Å². The Morgan fingerprint density at radius 3 is 2.64 bits per heavy atom. The number of aromatic nitrogens is 2. The van der Waals surface area contributed by atoms with Crippen LogP contribution in [0.25, 0.3) is 0 Å². The molecular formula is C17H23N3O2. The summed E-state index contributed by atoms with van der Waals surface area (Å²) in [5.41, 5.74) is 0.948. The van der Waals surface area contributed by atoms with Crippen LogP contribution in [0, 0.1) is 5.92 Å². The van der Waals surface area contributed by atoms with Gasteiger partial charge in [-0.3, -0.25) is 4.79 Å². The van der Waals surface area contributed by atoms with Crippen molar-refractivity contribution in [3.05, 3.63) is 47.6 Å². The van der Waals surface area contributed by atoms with Crippen LogP contribution >= 0.6 is 0 Å². The lowest BCUT2D eigenvalue weighted by molar-refractivity contribution is -0.122. The van der Waals surface area contributed by atoms with Gasteiger partial charge in [0.05, 0.1) is 0 Å². The minimum atomic E-state index is -0.373. The van der Waals surface area contributed by atoms with Crippen molar-refractivity contribution in [3.8, 4) is 0 Å². The fourth-order valence-electron chi connectivity index (χ4n) is 2.23. The molecule has 0 spiro atoms. The minimum Gasteiger partial charge on any atom is -0.342 e. The summed E-state index contributed by atoms with van der Waals surface area (Å²) >= 11 is 0. The Hall–Kier alpha value is -2.17. The lowest BCUT2D eigenvalue weighted by atomic mass is 10.0. The molecule has 0 radical (unpaired) electrons. The summed E-state index contributed by atoms with van der Waals surface area (Å²) in [6.07, 6.45) is 2.16. The van der Waals surface area contributed by atoms with Gasteiger partial charge in [-0.25, -0.2) is 0 Å². The first-order valence-corrected chi connectivity index (χ1v) is 7.77. The number of nitrogens with zero attached hydrogens (tertiary/aromatic N) is 2. The number of carbonyl (C=O) groups is 1. The maximum atomic E-state index is 12.1. The van der Waals surface area contributed by atoms with E-state index in [1.807, 2.05) is 44.2 Å². The molecule has 2 rings (SSSR count). The van der Waals surface area contributed by atoms with Crippen molar-refractivity contribution in [2.45, 2.75) is 46.1 Å². The molecule has 22 heavy (non-hydrogen) atoms. The van der Waals surface area contributed by atoms with Crippen LogP contribution in [-0.2, 0) is 11.2 Å². The summed E-state index contributed by atoms with van der Waals surface area (Å²) in [7, 11) is 0. The van der Waals surface area contributed by atoms with Gasteiger partial charge in [-0.2, -0.15) is 4.98 Å². The highest BCUT2D eigenvalue weighted by Gasteiger charge is 2.22. The van der Waals surface area contributed by atoms with Gasteiger partial charge in [0.15, 0.2) is 5.82 Å². The lowest BCUT2D eigenvalue weighted by Gasteiger charge is -2.16. The number of aryl methyl sites for hydroxylation is 1. The fraction of sp³-hybridized carbons (Fsp3) is 0.471. The Morgan fingerprint density at radius 1 is 1.27 bits per heavy atom. The standard InChI is InChI=1S/C17H23N3O2/c1-4-8-15-19-17(20-22-15)16(13-9-6-5-7-10-13)18-14(21)11-12(2)3/h5-7,9-10,12,16H,4,8,11H2,1-3H3,(H,18,21)/t16-/m1/s1. The zero-order valence-corrected chi connectivity index (χ0v) is 13.4. The highest BCUT2D eigenvalue weighted by molar-refractivity contribution is 5.77. The third-order valence-corrected chi connectivity index (χ3v) is 3.24. The number of rotatable bonds is 7. The van der Waals surface area contributed by atoms with E-state index in [1.54, 1.807) is 0 Å². The molecule has 0 saturated heterocycles. The van der Waals surface area contributed by atoms with E-state index in [-0.39, 0.29) is 11.9 Å². The van der Waals surface area contributed by atoms with Gasteiger partial charge in [0.25, 0.3) is 0 Å². The van der Waals surface area contributed by atoms with E-state index < -0.39 is 0 Å². The van der Waals surface area contributed by atoms with E-state index in [4.69, 9.17) is 4.52 Å². The van der Waals surface area contributed by atoms with Gasteiger partial charge < -0.3 is 9.84 Å². The highest BCUT2D eigenvalue weighted by Crippen LogP contribution is 2.20. The Bertz CT molecular complexity index is 593. The molecule has 2 aromatic rings. The molecule has 0 aliphatic rings. The van der Waals surface area contributed by atoms with E-state index in [9.17, 15) is 4.79 Å². The van der Waals surface area contributed by atoms with Crippen molar-refractivity contribution in [3.63, 3.8) is 0 Å². The van der Waals surface area contributed by atoms with Crippen molar-refractivity contribution in [1.29, 1.82) is 0 Å². The molecule has 0 aliphatic heterocycles. The Balaban J connectivity index is 2.23. The number of amides is 1. The topological polar surface area (TPSA) is 68.0 Å². The first-order valence-electron chi connectivity index (χ1n) is 7.77. The molecule has 0 fully saturated rings. The lowest BCUT2D eigenvalue weighted by Crippen LogP contribution is -2.30. The molecule has 0 aliphatic carbocycles. The molecule has 1 atom stereocenters. The van der Waals surface area contributed by atoms with Gasteiger partial charge >= 0.3 is 0 Å². The molecule has 118 valence electrons. The van der Waals surface area contributed by atoms with Gasteiger partial charge in [0.1, 0.15) is 6.04 Å². The molecule has 1 amide bonds. The number of benzene rings is 1. The average Bonchev–Trinajstić information content (AvgIpc) is 2.94. The van der Waals surface area contributed by atoms with Crippen LogP contribution in [0.5, 0.6) is 0 Å². The van der Waals surface area contributed by atoms with Gasteiger partial charge in [0, 0.05) is 12.8 Å². The van der Waals surface area contributed by atoms with Crippen LogP contribution in [0.4, 0.5) is 0 Å². The largest absolute Gasteiger partial charge is 0.342 e. The fourth-order valence-corrected chi connectivity index (χ4v) is 2.23. The van der Waals surface area contributed by atoms with Crippen LogP contribution in [0.2, 0.25) is 0 Å². The minimum absolute atomic E-state index is 0.00862. The molecule has 1 N–H and O–H groups in total. The van der Waals surface area contributed by atoms with E-state index in [2.05, 4.69) is 22.4 Å². The highest BCUT2D eigenvalue weighted by atomic mass is 16.5. The van der Waals surface area contributed by atoms with E-state index >= 15 is 0 Å². The Kier molecular flexibility index (Phi) is 5.69. The molecule has 5 heteroatoms. The summed E-state index contributed by atoms with van der Waals surface area (Å²) in [5, 5.41) is 7.06. The normalized spacial score (nSPS) is 12.4. The maximum Gasteiger partial charge on any atom is 0.226 e. The Labute approximate surface area is 131 Å². The van der Waals surface area contributed by atoms with Crippen LogP contribution in [0.3, 0.4) is 0 Å². The van der Waals surface area contributed by atoms with Crippen molar-refractivity contribution >= 4 is 5.91 Å². The molecule has 1 aromatic heterocycles.